The van der Waals surface area contributed by atoms with Crippen molar-refractivity contribution in [1.29, 1.82) is 0 Å². The first kappa shape index (κ1) is 20.6. The van der Waals surface area contributed by atoms with E-state index >= 15 is 0 Å². The minimum Gasteiger partial charge on any atom is -0.755 e. The third kappa shape index (κ3) is 9.03. The van der Waals surface area contributed by atoms with Crippen molar-refractivity contribution in [2.75, 3.05) is 13.7 Å². The number of phosphoric ester groups is 1. The molecule has 1 unspecified atom stereocenters. The van der Waals surface area contributed by atoms with E-state index in [2.05, 4.69) is 11.5 Å². The van der Waals surface area contributed by atoms with Crippen LogP contribution in [0.15, 0.2) is 24.3 Å². The summed E-state index contributed by atoms with van der Waals surface area (Å²) in [7, 11) is -3.00. The Morgan fingerprint density at radius 1 is 1.29 bits per heavy atom. The molecule has 7 nitrogen and oxygen atoms in total. The highest BCUT2D eigenvalue weighted by Gasteiger charge is 2.12. The van der Waals surface area contributed by atoms with Gasteiger partial charge >= 0.3 is 0 Å². The lowest BCUT2D eigenvalue weighted by atomic mass is 10.1. The van der Waals surface area contributed by atoms with Gasteiger partial charge in [0.1, 0.15) is 5.75 Å². The average molecular weight is 358 g/mol. The molecule has 0 radical (unpaired) electrons. The zero-order valence-corrected chi connectivity index (χ0v) is 15.1. The summed E-state index contributed by atoms with van der Waals surface area (Å²) in [6.45, 7) is 1.99. The maximum atomic E-state index is 11.6. The number of unbranched alkanes of at least 4 members (excludes halogenated alkanes) is 3. The van der Waals surface area contributed by atoms with Gasteiger partial charge in [0.05, 0.1) is 13.7 Å². The molecule has 1 aromatic carbocycles. The standard InChI is InChI=1S/C16H26NO6P/c1-3-4-5-6-10-16(18)17-23-24(19,20)22-12-11-14-8-7-9-15(13-14)21-2/h7-9,13H,3-6,10-12H2,1-2H3,(H,17,18)(H,19,20)/p-1. The molecule has 1 aromatic rings. The van der Waals surface area contributed by atoms with Crippen LogP contribution in [-0.4, -0.2) is 19.6 Å². The van der Waals surface area contributed by atoms with E-state index in [1.54, 1.807) is 25.3 Å². The number of hydroxylamine groups is 1. The number of hydrogen-bond acceptors (Lipinski definition) is 6. The number of hydrogen-bond donors (Lipinski definition) is 1. The lowest BCUT2D eigenvalue weighted by Gasteiger charge is -2.22. The van der Waals surface area contributed by atoms with E-state index in [4.69, 9.17) is 9.26 Å². The number of methoxy groups -OCH3 is 1. The Morgan fingerprint density at radius 2 is 2.08 bits per heavy atom. The largest absolute Gasteiger partial charge is 0.755 e. The molecule has 1 N–H and O–H groups in total. The van der Waals surface area contributed by atoms with Crippen LogP contribution in [0.4, 0.5) is 0 Å². The number of amides is 1. The first-order valence-electron chi connectivity index (χ1n) is 8.03. The predicted molar refractivity (Wildman–Crippen MR) is 88.2 cm³/mol. The lowest BCUT2D eigenvalue weighted by molar-refractivity contribution is -0.231. The maximum Gasteiger partial charge on any atom is 0.290 e. The van der Waals surface area contributed by atoms with E-state index in [0.29, 0.717) is 18.6 Å². The van der Waals surface area contributed by atoms with Crippen LogP contribution in [0, 0.1) is 0 Å². The number of ether oxygens (including phenoxy) is 1. The fourth-order valence-electron chi connectivity index (χ4n) is 2.00. The highest BCUT2D eigenvalue weighted by Crippen LogP contribution is 2.36. The fraction of sp³-hybridized carbons (Fsp3) is 0.562. The quantitative estimate of drug-likeness (QED) is 0.351. The van der Waals surface area contributed by atoms with Crippen LogP contribution in [0.2, 0.25) is 0 Å². The molecule has 1 amide bonds. The molecule has 0 spiro atoms. The van der Waals surface area contributed by atoms with Gasteiger partial charge in [-0.05, 0) is 30.5 Å². The van der Waals surface area contributed by atoms with Crippen LogP contribution in [0.5, 0.6) is 5.75 Å². The summed E-state index contributed by atoms with van der Waals surface area (Å²) >= 11 is 0. The van der Waals surface area contributed by atoms with E-state index in [1.165, 1.54) is 0 Å². The summed E-state index contributed by atoms with van der Waals surface area (Å²) in [5.74, 6) is 0.211. The second-order valence-corrected chi connectivity index (χ2v) is 6.64. The highest BCUT2D eigenvalue weighted by molar-refractivity contribution is 7.45. The Hall–Kier alpha value is -1.40. The van der Waals surface area contributed by atoms with Crippen molar-refractivity contribution in [2.45, 2.75) is 45.4 Å². The van der Waals surface area contributed by atoms with Gasteiger partial charge < -0.3 is 14.2 Å². The van der Waals surface area contributed by atoms with E-state index < -0.39 is 13.7 Å². The van der Waals surface area contributed by atoms with Crippen LogP contribution in [-0.2, 0) is 24.9 Å². The molecule has 0 heterocycles. The van der Waals surface area contributed by atoms with Crippen LogP contribution in [0.3, 0.4) is 0 Å². The second kappa shape index (κ2) is 11.2. The molecule has 24 heavy (non-hydrogen) atoms. The van der Waals surface area contributed by atoms with Crippen molar-refractivity contribution in [1.82, 2.24) is 5.48 Å². The van der Waals surface area contributed by atoms with E-state index in [-0.39, 0.29) is 13.0 Å². The molecular weight excluding hydrogens is 333 g/mol. The summed E-state index contributed by atoms with van der Waals surface area (Å²) in [5, 5.41) is 0. The maximum absolute atomic E-state index is 11.6. The van der Waals surface area contributed by atoms with Gasteiger partial charge in [0, 0.05) is 6.42 Å². The number of rotatable bonds is 12. The Bertz CT molecular complexity index is 551. The predicted octanol–water partition coefficient (Wildman–Crippen LogP) is 2.74. The summed E-state index contributed by atoms with van der Waals surface area (Å²) in [5.41, 5.74) is 2.78. The van der Waals surface area contributed by atoms with Crippen LogP contribution in [0.25, 0.3) is 0 Å². The lowest BCUT2D eigenvalue weighted by Crippen LogP contribution is -2.25. The second-order valence-electron chi connectivity index (χ2n) is 5.31. The molecule has 1 atom stereocenters. The monoisotopic (exact) mass is 358 g/mol. The molecule has 0 aliphatic heterocycles. The van der Waals surface area contributed by atoms with Gasteiger partial charge in [0.25, 0.3) is 7.82 Å². The van der Waals surface area contributed by atoms with Crippen molar-refractivity contribution < 1.29 is 28.1 Å². The molecule has 0 aliphatic carbocycles. The molecule has 8 heteroatoms. The van der Waals surface area contributed by atoms with E-state index in [9.17, 15) is 14.3 Å². The summed E-state index contributed by atoms with van der Waals surface area (Å²) in [6.07, 6.45) is 4.33. The molecule has 0 fully saturated rings. The minimum atomic E-state index is -4.56. The number of nitrogens with one attached hydrogen (secondary N) is 1. The van der Waals surface area contributed by atoms with Crippen molar-refractivity contribution in [2.24, 2.45) is 0 Å². The number of phosphoric acid groups is 1. The Balaban J connectivity index is 2.25. The van der Waals surface area contributed by atoms with Crippen molar-refractivity contribution >= 4 is 13.7 Å². The Labute approximate surface area is 142 Å². The Morgan fingerprint density at radius 3 is 2.79 bits per heavy atom. The Kier molecular flexibility index (Phi) is 9.64. The summed E-state index contributed by atoms with van der Waals surface area (Å²) in [4.78, 5) is 23.0. The van der Waals surface area contributed by atoms with Crippen LogP contribution in [0.1, 0.15) is 44.6 Å². The zero-order chi connectivity index (χ0) is 17.8. The highest BCUT2D eigenvalue weighted by atomic mass is 31.2. The number of carbonyl (C=O) groups excluding carboxylic acids is 1. The number of carbonyl (C=O) groups is 1. The molecule has 0 bridgehead atoms. The van der Waals surface area contributed by atoms with Crippen molar-refractivity contribution in [3.63, 3.8) is 0 Å². The molecule has 0 saturated heterocycles. The van der Waals surface area contributed by atoms with Gasteiger partial charge in [0.2, 0.25) is 5.91 Å². The fourth-order valence-corrected chi connectivity index (χ4v) is 2.58. The van der Waals surface area contributed by atoms with Gasteiger partial charge in [-0.25, -0.2) is 10.1 Å². The zero-order valence-electron chi connectivity index (χ0n) is 14.2. The molecule has 0 aromatic heterocycles. The average Bonchev–Trinajstić information content (AvgIpc) is 2.57. The molecule has 1 rings (SSSR count). The van der Waals surface area contributed by atoms with Crippen molar-refractivity contribution in [3.8, 4) is 5.75 Å². The van der Waals surface area contributed by atoms with E-state index in [1.807, 2.05) is 11.5 Å². The molecular formula is C16H25NO6P-. The summed E-state index contributed by atoms with van der Waals surface area (Å²) in [6, 6.07) is 7.22. The van der Waals surface area contributed by atoms with Gasteiger partial charge in [0.15, 0.2) is 0 Å². The third-order valence-electron chi connectivity index (χ3n) is 3.30. The summed E-state index contributed by atoms with van der Waals surface area (Å²) < 4.78 is 25.8. The molecule has 0 aliphatic rings. The van der Waals surface area contributed by atoms with Gasteiger partial charge in [-0.3, -0.25) is 9.36 Å². The topological polar surface area (TPSA) is 96.9 Å². The van der Waals surface area contributed by atoms with Gasteiger partial charge in [-0.15, -0.1) is 0 Å². The minimum absolute atomic E-state index is 0.0830. The normalized spacial score (nSPS) is 13.3. The number of benzene rings is 1. The van der Waals surface area contributed by atoms with E-state index in [0.717, 1.165) is 24.8 Å². The SMILES string of the molecule is CCCCCCC(=O)NOP(=O)([O-])OCCc1cccc(OC)c1. The first-order valence-corrected chi connectivity index (χ1v) is 9.49. The van der Waals surface area contributed by atoms with Crippen LogP contribution < -0.4 is 15.1 Å². The molecule has 136 valence electrons. The van der Waals surface area contributed by atoms with Crippen molar-refractivity contribution in [3.05, 3.63) is 29.8 Å². The third-order valence-corrected chi connectivity index (χ3v) is 4.12. The van der Waals surface area contributed by atoms with Gasteiger partial charge in [-0.1, -0.05) is 38.3 Å². The van der Waals surface area contributed by atoms with Gasteiger partial charge in [-0.2, -0.15) is 0 Å². The molecule has 0 saturated carbocycles. The smallest absolute Gasteiger partial charge is 0.290 e. The first-order chi connectivity index (χ1) is 11.5. The van der Waals surface area contributed by atoms with Crippen LogP contribution >= 0.6 is 7.82 Å².